The maximum Gasteiger partial charge on any atom is 0.383 e. The van der Waals surface area contributed by atoms with Gasteiger partial charge in [0.15, 0.2) is 5.76 Å². The van der Waals surface area contributed by atoms with Crippen LogP contribution in [0.2, 0.25) is 0 Å². The summed E-state index contributed by atoms with van der Waals surface area (Å²) in [4.78, 5) is 11.6. The third-order valence-electron chi connectivity index (χ3n) is 3.30. The molecule has 0 unspecified atom stereocenters. The lowest BCUT2D eigenvalue weighted by Gasteiger charge is -2.02. The second kappa shape index (κ2) is 6.35. The van der Waals surface area contributed by atoms with E-state index in [4.69, 9.17) is 14.2 Å². The van der Waals surface area contributed by atoms with Crippen LogP contribution in [0.25, 0.3) is 11.3 Å². The molecule has 2 aromatic rings. The van der Waals surface area contributed by atoms with Gasteiger partial charge < -0.3 is 14.2 Å². The second-order valence-corrected chi connectivity index (χ2v) is 4.72. The number of allylic oxidation sites excluding steroid dienone is 1. The van der Waals surface area contributed by atoms with Gasteiger partial charge in [0.25, 0.3) is 5.76 Å². The predicted octanol–water partition coefficient (Wildman–Crippen LogP) is 1.89. The van der Waals surface area contributed by atoms with Gasteiger partial charge in [-0.05, 0) is 6.08 Å². The summed E-state index contributed by atoms with van der Waals surface area (Å²) in [5.41, 5.74) is 1.75. The van der Waals surface area contributed by atoms with E-state index in [0.717, 1.165) is 11.3 Å². The van der Waals surface area contributed by atoms with E-state index in [0.29, 0.717) is 12.3 Å². The van der Waals surface area contributed by atoms with Crippen LogP contribution in [0.3, 0.4) is 0 Å². The summed E-state index contributed by atoms with van der Waals surface area (Å²) >= 11 is 0. The topological polar surface area (TPSA) is 75.5 Å². The molecule has 0 N–H and O–H groups in total. The molecule has 3 rings (SSSR count). The molecule has 0 amide bonds. The predicted molar refractivity (Wildman–Crippen MR) is 80.7 cm³/mol. The van der Waals surface area contributed by atoms with Crippen molar-refractivity contribution in [3.05, 3.63) is 59.9 Å². The summed E-state index contributed by atoms with van der Waals surface area (Å²) in [5, 5.41) is 8.18. The van der Waals surface area contributed by atoms with Gasteiger partial charge in [-0.3, -0.25) is 0 Å². The highest BCUT2D eigenvalue weighted by atomic mass is 16.6. The summed E-state index contributed by atoms with van der Waals surface area (Å²) in [6, 6.07) is 9.75. The number of methoxy groups -OCH3 is 2. The van der Waals surface area contributed by atoms with Gasteiger partial charge in [0.05, 0.1) is 27.0 Å². The lowest BCUT2D eigenvalue weighted by Crippen LogP contribution is -2.01. The Hall–Kier alpha value is -3.09. The zero-order valence-electron chi connectivity index (χ0n) is 12.7. The average Bonchev–Trinajstić information content (AvgIpc) is 3.17. The minimum absolute atomic E-state index is 0.0577. The molecule has 0 saturated carbocycles. The van der Waals surface area contributed by atoms with Crippen molar-refractivity contribution in [3.8, 4) is 11.3 Å². The first-order valence-electron chi connectivity index (χ1n) is 6.93. The van der Waals surface area contributed by atoms with Gasteiger partial charge in [0, 0.05) is 5.56 Å². The Morgan fingerprint density at radius 2 is 1.91 bits per heavy atom. The third kappa shape index (κ3) is 2.94. The molecule has 1 aromatic heterocycles. The van der Waals surface area contributed by atoms with Crippen LogP contribution in [0.4, 0.5) is 0 Å². The van der Waals surface area contributed by atoms with Crippen LogP contribution in [0, 0.1) is 0 Å². The fourth-order valence-corrected chi connectivity index (χ4v) is 2.21. The number of hydrogen-bond acceptors (Lipinski definition) is 6. The number of ether oxygens (including phenoxy) is 3. The Morgan fingerprint density at radius 3 is 2.61 bits per heavy atom. The molecule has 0 atom stereocenters. The summed E-state index contributed by atoms with van der Waals surface area (Å²) in [6.45, 7) is 0.381. The Bertz CT molecular complexity index is 778. The molecule has 2 heterocycles. The van der Waals surface area contributed by atoms with Crippen molar-refractivity contribution in [1.82, 2.24) is 15.0 Å². The fourth-order valence-electron chi connectivity index (χ4n) is 2.21. The number of rotatable bonds is 5. The van der Waals surface area contributed by atoms with Crippen molar-refractivity contribution in [1.29, 1.82) is 0 Å². The van der Waals surface area contributed by atoms with Crippen molar-refractivity contribution in [2.75, 3.05) is 14.2 Å². The highest BCUT2D eigenvalue weighted by molar-refractivity contribution is 5.91. The number of aromatic nitrogens is 3. The second-order valence-electron chi connectivity index (χ2n) is 4.72. The quantitative estimate of drug-likeness (QED) is 0.785. The van der Waals surface area contributed by atoms with Crippen LogP contribution in [0.1, 0.15) is 0 Å². The first-order chi connectivity index (χ1) is 11.2. The molecule has 1 aliphatic rings. The number of hydrogen-bond donors (Lipinski definition) is 0. The first kappa shape index (κ1) is 14.8. The highest BCUT2D eigenvalue weighted by Gasteiger charge is 2.32. The van der Waals surface area contributed by atoms with Gasteiger partial charge in [-0.25, -0.2) is 9.48 Å². The van der Waals surface area contributed by atoms with Crippen molar-refractivity contribution in [2.45, 2.75) is 6.54 Å². The van der Waals surface area contributed by atoms with Gasteiger partial charge in [0.1, 0.15) is 5.69 Å². The third-order valence-corrected chi connectivity index (χ3v) is 3.30. The molecule has 0 bridgehead atoms. The normalized spacial score (nSPS) is 15.9. The molecule has 23 heavy (non-hydrogen) atoms. The lowest BCUT2D eigenvalue weighted by atomic mass is 10.2. The Kier molecular flexibility index (Phi) is 4.09. The standard InChI is InChI=1S/C16H15N3O4/c1-21-14-13(23-16(20)15(14)22-2)8-9-19-10-12(17-18-19)11-6-4-3-5-7-11/h3-8,10H,9H2,1-2H3/b13-8-. The van der Waals surface area contributed by atoms with E-state index in [-0.39, 0.29) is 11.5 Å². The molecule has 7 heteroatoms. The molecule has 0 saturated heterocycles. The number of benzene rings is 1. The van der Waals surface area contributed by atoms with E-state index >= 15 is 0 Å². The van der Waals surface area contributed by atoms with Crippen molar-refractivity contribution >= 4 is 5.97 Å². The lowest BCUT2D eigenvalue weighted by molar-refractivity contribution is -0.136. The number of carbonyl (C=O) groups excluding carboxylic acids is 1. The first-order valence-corrected chi connectivity index (χ1v) is 6.93. The van der Waals surface area contributed by atoms with Crippen LogP contribution >= 0.6 is 0 Å². The fraction of sp³-hybridized carbons (Fsp3) is 0.188. The summed E-state index contributed by atoms with van der Waals surface area (Å²) in [5.74, 6) is 0.0773. The van der Waals surface area contributed by atoms with E-state index in [1.807, 2.05) is 36.5 Å². The molecule has 0 radical (unpaired) electrons. The van der Waals surface area contributed by atoms with Gasteiger partial charge in [-0.15, -0.1) is 5.10 Å². The highest BCUT2D eigenvalue weighted by Crippen LogP contribution is 2.27. The largest absolute Gasteiger partial charge is 0.490 e. The van der Waals surface area contributed by atoms with Crippen LogP contribution in [0.15, 0.2) is 59.9 Å². The average molecular weight is 313 g/mol. The molecule has 118 valence electrons. The Labute approximate surface area is 132 Å². The minimum atomic E-state index is -0.570. The number of cyclic esters (lactones) is 1. The maximum absolute atomic E-state index is 11.6. The van der Waals surface area contributed by atoms with E-state index in [1.54, 1.807) is 10.8 Å². The van der Waals surface area contributed by atoms with E-state index in [2.05, 4.69) is 10.3 Å². The van der Waals surface area contributed by atoms with E-state index in [9.17, 15) is 4.79 Å². The molecular formula is C16H15N3O4. The summed E-state index contributed by atoms with van der Waals surface area (Å²) in [7, 11) is 2.84. The van der Waals surface area contributed by atoms with Crippen LogP contribution < -0.4 is 0 Å². The Balaban J connectivity index is 1.78. The minimum Gasteiger partial charge on any atom is -0.490 e. The van der Waals surface area contributed by atoms with Gasteiger partial charge in [-0.1, -0.05) is 35.5 Å². The molecular weight excluding hydrogens is 298 g/mol. The molecule has 7 nitrogen and oxygen atoms in total. The van der Waals surface area contributed by atoms with Gasteiger partial charge >= 0.3 is 5.97 Å². The van der Waals surface area contributed by atoms with Crippen LogP contribution in [-0.4, -0.2) is 35.2 Å². The monoisotopic (exact) mass is 313 g/mol. The van der Waals surface area contributed by atoms with Crippen LogP contribution in [-0.2, 0) is 25.5 Å². The van der Waals surface area contributed by atoms with Gasteiger partial charge in [0.2, 0.25) is 5.76 Å². The zero-order valence-corrected chi connectivity index (χ0v) is 12.7. The number of carbonyl (C=O) groups is 1. The SMILES string of the molecule is COC1=C(OC)/C(=C/Cn2cc(-c3ccccc3)nn2)OC1=O. The van der Waals surface area contributed by atoms with Crippen molar-refractivity contribution in [2.24, 2.45) is 0 Å². The van der Waals surface area contributed by atoms with Gasteiger partial charge in [-0.2, -0.15) is 0 Å². The smallest absolute Gasteiger partial charge is 0.383 e. The molecule has 1 aliphatic heterocycles. The number of esters is 1. The summed E-state index contributed by atoms with van der Waals surface area (Å²) < 4.78 is 16.9. The molecule has 0 aliphatic carbocycles. The van der Waals surface area contributed by atoms with Crippen LogP contribution in [0.5, 0.6) is 0 Å². The molecule has 0 spiro atoms. The Morgan fingerprint density at radius 1 is 1.17 bits per heavy atom. The van der Waals surface area contributed by atoms with E-state index in [1.165, 1.54) is 14.2 Å². The van der Waals surface area contributed by atoms with Crippen molar-refractivity contribution < 1.29 is 19.0 Å². The summed E-state index contributed by atoms with van der Waals surface area (Å²) in [6.07, 6.45) is 3.50. The maximum atomic E-state index is 11.6. The number of nitrogens with zero attached hydrogens (tertiary/aromatic N) is 3. The molecule has 0 fully saturated rings. The van der Waals surface area contributed by atoms with E-state index < -0.39 is 5.97 Å². The van der Waals surface area contributed by atoms with Crippen molar-refractivity contribution in [3.63, 3.8) is 0 Å². The molecule has 1 aromatic carbocycles. The zero-order chi connectivity index (χ0) is 16.2.